The summed E-state index contributed by atoms with van der Waals surface area (Å²) in [5, 5.41) is 19.8. The quantitative estimate of drug-likeness (QED) is 0.527. The van der Waals surface area contributed by atoms with Crippen molar-refractivity contribution < 1.29 is 19.7 Å². The van der Waals surface area contributed by atoms with E-state index < -0.39 is 12.1 Å². The van der Waals surface area contributed by atoms with Gasteiger partial charge in [-0.25, -0.2) is 4.79 Å². The molecule has 0 radical (unpaired) electrons. The number of aryl methyl sites for hydroxylation is 1. The summed E-state index contributed by atoms with van der Waals surface area (Å²) in [6.45, 7) is 6.48. The molecule has 2 saturated heterocycles. The zero-order valence-corrected chi connectivity index (χ0v) is 18.0. The molecule has 2 bridgehead atoms. The Balaban J connectivity index is 1.61. The Morgan fingerprint density at radius 2 is 1.93 bits per heavy atom. The predicted molar refractivity (Wildman–Crippen MR) is 115 cm³/mol. The lowest BCUT2D eigenvalue weighted by atomic mass is 9.75. The molecular formula is C25H36O4. The third-order valence-corrected chi connectivity index (χ3v) is 6.94. The van der Waals surface area contributed by atoms with E-state index in [2.05, 4.69) is 26.8 Å². The number of rotatable bonds is 10. The molecule has 2 aliphatic rings. The molecule has 1 aromatic carbocycles. The van der Waals surface area contributed by atoms with Gasteiger partial charge in [-0.15, -0.1) is 0 Å². The summed E-state index contributed by atoms with van der Waals surface area (Å²) in [6, 6.07) is 7.20. The number of unbranched alkanes of at least 4 members (excludes halogenated alkanes) is 1. The van der Waals surface area contributed by atoms with Crippen LogP contribution >= 0.6 is 0 Å². The molecule has 1 aromatic rings. The van der Waals surface area contributed by atoms with Crippen LogP contribution in [-0.2, 0) is 11.2 Å². The van der Waals surface area contributed by atoms with E-state index in [1.54, 1.807) is 12.1 Å². The topological polar surface area (TPSA) is 66.8 Å². The van der Waals surface area contributed by atoms with E-state index in [9.17, 15) is 9.90 Å². The molecule has 0 amide bonds. The largest absolute Gasteiger partial charge is 0.478 e. The number of carboxylic acid groups (broad SMARTS) is 1. The lowest BCUT2D eigenvalue weighted by Crippen LogP contribution is -2.29. The van der Waals surface area contributed by atoms with E-state index >= 15 is 0 Å². The van der Waals surface area contributed by atoms with Crippen molar-refractivity contribution in [2.75, 3.05) is 0 Å². The maximum absolute atomic E-state index is 11.0. The molecular weight excluding hydrogens is 364 g/mol. The second-order valence-corrected chi connectivity index (χ2v) is 9.49. The first kappa shape index (κ1) is 22.0. The van der Waals surface area contributed by atoms with Crippen molar-refractivity contribution in [3.05, 3.63) is 47.5 Å². The lowest BCUT2D eigenvalue weighted by molar-refractivity contribution is 0.0696. The Morgan fingerprint density at radius 3 is 2.59 bits per heavy atom. The molecule has 2 fully saturated rings. The van der Waals surface area contributed by atoms with Gasteiger partial charge in [-0.1, -0.05) is 57.9 Å². The fourth-order valence-corrected chi connectivity index (χ4v) is 4.88. The van der Waals surface area contributed by atoms with Crippen LogP contribution in [0.2, 0.25) is 0 Å². The number of hydrogen-bond donors (Lipinski definition) is 2. The molecule has 2 N–H and O–H groups in total. The van der Waals surface area contributed by atoms with Crippen LogP contribution in [0.15, 0.2) is 36.4 Å². The summed E-state index contributed by atoms with van der Waals surface area (Å²) in [5.74, 6) is -0.0533. The Bertz CT molecular complexity index is 706. The number of aliphatic hydroxyl groups excluding tert-OH is 1. The number of ether oxygens (including phenoxy) is 1. The van der Waals surface area contributed by atoms with Gasteiger partial charge in [-0.05, 0) is 61.1 Å². The number of aromatic carboxylic acids is 1. The van der Waals surface area contributed by atoms with E-state index in [0.717, 1.165) is 44.9 Å². The number of fused-ring (bicyclic) bond motifs is 2. The minimum absolute atomic E-state index is 0.105. The average molecular weight is 401 g/mol. The van der Waals surface area contributed by atoms with Crippen LogP contribution in [0.5, 0.6) is 0 Å². The number of benzene rings is 1. The van der Waals surface area contributed by atoms with Crippen molar-refractivity contribution in [2.45, 2.75) is 84.0 Å². The molecule has 1 unspecified atom stereocenters. The molecule has 2 aliphatic heterocycles. The van der Waals surface area contributed by atoms with Crippen molar-refractivity contribution in [1.29, 1.82) is 0 Å². The van der Waals surface area contributed by atoms with Crippen molar-refractivity contribution in [2.24, 2.45) is 17.3 Å². The maximum Gasteiger partial charge on any atom is 0.335 e. The van der Waals surface area contributed by atoms with Gasteiger partial charge in [0, 0.05) is 5.92 Å². The van der Waals surface area contributed by atoms with Crippen molar-refractivity contribution in [3.8, 4) is 0 Å². The first-order valence-corrected chi connectivity index (χ1v) is 11.2. The summed E-state index contributed by atoms with van der Waals surface area (Å²) >= 11 is 0. The van der Waals surface area contributed by atoms with Gasteiger partial charge < -0.3 is 14.9 Å². The molecule has 0 spiro atoms. The van der Waals surface area contributed by atoms with Crippen LogP contribution in [0, 0.1) is 17.3 Å². The monoisotopic (exact) mass is 400 g/mol. The van der Waals surface area contributed by atoms with Gasteiger partial charge in [0.1, 0.15) is 0 Å². The Kier molecular flexibility index (Phi) is 7.18. The zero-order valence-electron chi connectivity index (χ0n) is 18.0. The molecule has 160 valence electrons. The predicted octanol–water partition coefficient (Wildman–Crippen LogP) is 5.24. The zero-order chi connectivity index (χ0) is 21.0. The third kappa shape index (κ3) is 5.29. The fraction of sp³-hybridized carbons (Fsp3) is 0.640. The first-order valence-electron chi connectivity index (χ1n) is 11.2. The normalized spacial score (nSPS) is 27.6. The molecule has 2 heterocycles. The molecule has 3 rings (SSSR count). The minimum atomic E-state index is -0.885. The highest BCUT2D eigenvalue weighted by atomic mass is 16.5. The lowest BCUT2D eigenvalue weighted by Gasteiger charge is -2.30. The highest BCUT2D eigenvalue weighted by Gasteiger charge is 2.47. The van der Waals surface area contributed by atoms with E-state index in [1.807, 2.05) is 18.2 Å². The van der Waals surface area contributed by atoms with Crippen molar-refractivity contribution in [3.63, 3.8) is 0 Å². The van der Waals surface area contributed by atoms with Gasteiger partial charge in [-0.3, -0.25) is 0 Å². The molecule has 5 atom stereocenters. The van der Waals surface area contributed by atoms with E-state index in [0.29, 0.717) is 23.5 Å². The van der Waals surface area contributed by atoms with Crippen molar-refractivity contribution in [1.82, 2.24) is 0 Å². The summed E-state index contributed by atoms with van der Waals surface area (Å²) in [5.41, 5.74) is 1.39. The van der Waals surface area contributed by atoms with Crippen molar-refractivity contribution >= 4 is 5.97 Å². The highest BCUT2D eigenvalue weighted by molar-refractivity contribution is 5.87. The molecule has 0 saturated carbocycles. The third-order valence-electron chi connectivity index (χ3n) is 6.94. The number of hydrogen-bond acceptors (Lipinski definition) is 3. The second kappa shape index (κ2) is 9.44. The number of carboxylic acids is 1. The fourth-order valence-electron chi connectivity index (χ4n) is 4.88. The highest BCUT2D eigenvalue weighted by Crippen LogP contribution is 2.46. The van der Waals surface area contributed by atoms with E-state index in [1.165, 1.54) is 5.56 Å². The van der Waals surface area contributed by atoms with Crippen LogP contribution in [-0.4, -0.2) is 34.5 Å². The van der Waals surface area contributed by atoms with Gasteiger partial charge in [-0.2, -0.15) is 0 Å². The summed E-state index contributed by atoms with van der Waals surface area (Å²) in [6.07, 6.45) is 11.9. The second-order valence-electron chi connectivity index (χ2n) is 9.49. The Hall–Kier alpha value is -1.65. The maximum atomic E-state index is 11.0. The van der Waals surface area contributed by atoms with Crippen LogP contribution in [0.25, 0.3) is 0 Å². The van der Waals surface area contributed by atoms with Gasteiger partial charge in [0.15, 0.2) is 0 Å². The molecule has 4 nitrogen and oxygen atoms in total. The van der Waals surface area contributed by atoms with E-state index in [-0.39, 0.29) is 11.5 Å². The average Bonchev–Trinajstić information content (AvgIpc) is 3.30. The van der Waals surface area contributed by atoms with Crippen LogP contribution < -0.4 is 0 Å². The number of aliphatic hydroxyl groups is 1. The van der Waals surface area contributed by atoms with E-state index in [4.69, 9.17) is 9.84 Å². The number of carbonyl (C=O) groups is 1. The summed E-state index contributed by atoms with van der Waals surface area (Å²) in [7, 11) is 0. The Labute approximate surface area is 175 Å². The van der Waals surface area contributed by atoms with Gasteiger partial charge >= 0.3 is 5.97 Å². The van der Waals surface area contributed by atoms with Gasteiger partial charge in [0.25, 0.3) is 0 Å². The molecule has 0 aromatic heterocycles. The first-order chi connectivity index (χ1) is 13.8. The standard InChI is InChI=1S/C25H36O4/c1-4-5-16-25(2,3)23(26)15-12-20-19(21-13-14-22(20)29-21)11-8-17-6-9-18(10-7-17)24(27)28/h6-7,9-10,12,15,19-23,26H,4-5,8,11,13-14,16H2,1-3H3,(H,27,28)/b15-12+/t19-,20-,21+,22-,23?/m0/s1. The minimum Gasteiger partial charge on any atom is -0.478 e. The molecule has 29 heavy (non-hydrogen) atoms. The summed E-state index contributed by atoms with van der Waals surface area (Å²) in [4.78, 5) is 11.0. The smallest absolute Gasteiger partial charge is 0.335 e. The molecule has 0 aliphatic carbocycles. The SMILES string of the molecule is CCCCC(C)(C)C(O)/C=C/[C@H]1[C@H](CCc2ccc(C(=O)O)cc2)[C@H]2CC[C@@H]1O2. The summed E-state index contributed by atoms with van der Waals surface area (Å²) < 4.78 is 6.21. The van der Waals surface area contributed by atoms with Gasteiger partial charge in [0.2, 0.25) is 0 Å². The van der Waals surface area contributed by atoms with Crippen LogP contribution in [0.4, 0.5) is 0 Å². The molecule has 4 heteroatoms. The van der Waals surface area contributed by atoms with Crippen LogP contribution in [0.1, 0.15) is 75.2 Å². The van der Waals surface area contributed by atoms with Gasteiger partial charge in [0.05, 0.1) is 23.9 Å². The Morgan fingerprint density at radius 1 is 1.24 bits per heavy atom. The van der Waals surface area contributed by atoms with Crippen LogP contribution in [0.3, 0.4) is 0 Å².